The van der Waals surface area contributed by atoms with E-state index in [4.69, 9.17) is 0 Å². The van der Waals surface area contributed by atoms with Crippen molar-refractivity contribution in [1.29, 1.82) is 0 Å². The number of pyridine rings is 1. The number of nitro groups is 1. The molecule has 5 aromatic carbocycles. The van der Waals surface area contributed by atoms with Gasteiger partial charge in [0.25, 0.3) is 21.6 Å². The predicted octanol–water partition coefficient (Wildman–Crippen LogP) is 7.78. The first-order valence-electron chi connectivity index (χ1n) is 19.5. The highest BCUT2D eigenvalue weighted by molar-refractivity contribution is 7.99. The lowest BCUT2D eigenvalue weighted by molar-refractivity contribution is -0.384. The van der Waals surface area contributed by atoms with Crippen LogP contribution in [0.4, 0.5) is 17.1 Å². The van der Waals surface area contributed by atoms with Gasteiger partial charge in [0.05, 0.1) is 10.4 Å². The fraction of sp³-hybridized carbons (Fsp3) is 0.244. The van der Waals surface area contributed by atoms with Crippen molar-refractivity contribution in [3.63, 3.8) is 0 Å². The Morgan fingerprint density at radius 3 is 2.29 bits per heavy atom. The standard InChI is InChI=1S/C45H47N7O5S2/c1-49(2)26-24-36(32-58-38-14-4-3-5-15-38)47-44-41(52(54)55)18-9-19-42(44)59(56,57)48-45(53)34-20-22-37(23-21-34)51-29-27-50(28-30-51)31-35-11-6-7-16-39(35)40-17-8-12-33-13-10-25-46-43(33)40/h3-23,25,36,47H,24,26-32H2,1-2H3,(H,48,53)/t36-/m1/s1. The lowest BCUT2D eigenvalue weighted by Gasteiger charge is -2.36. The second-order valence-electron chi connectivity index (χ2n) is 14.7. The van der Waals surface area contributed by atoms with E-state index in [1.807, 2.05) is 73.7 Å². The minimum absolute atomic E-state index is 0.151. The third-order valence-electron chi connectivity index (χ3n) is 10.4. The maximum atomic E-state index is 13.9. The van der Waals surface area contributed by atoms with Crippen LogP contribution in [0.5, 0.6) is 0 Å². The molecule has 0 saturated carbocycles. The van der Waals surface area contributed by atoms with E-state index in [0.29, 0.717) is 18.7 Å². The van der Waals surface area contributed by atoms with Gasteiger partial charge in [-0.2, -0.15) is 0 Å². The van der Waals surface area contributed by atoms with E-state index in [0.717, 1.165) is 59.8 Å². The Balaban J connectivity index is 1.00. The number of nitro benzene ring substituents is 1. The van der Waals surface area contributed by atoms with Gasteiger partial charge in [0.1, 0.15) is 10.6 Å². The highest BCUT2D eigenvalue weighted by atomic mass is 32.2. The summed E-state index contributed by atoms with van der Waals surface area (Å²) < 4.78 is 29.9. The highest BCUT2D eigenvalue weighted by Gasteiger charge is 2.30. The molecule has 2 N–H and O–H groups in total. The number of carbonyl (C=O) groups excluding carboxylic acids is 1. The van der Waals surface area contributed by atoms with Crippen LogP contribution in [0, 0.1) is 10.1 Å². The van der Waals surface area contributed by atoms with Crippen molar-refractivity contribution in [2.75, 3.05) is 62.8 Å². The third kappa shape index (κ3) is 10.3. The van der Waals surface area contributed by atoms with E-state index in [1.54, 1.807) is 23.9 Å². The number of benzene rings is 5. The molecular formula is C45H47N7O5S2. The Kier molecular flexibility index (Phi) is 13.2. The Morgan fingerprint density at radius 2 is 1.54 bits per heavy atom. The maximum Gasteiger partial charge on any atom is 0.293 e. The molecule has 0 unspecified atom stereocenters. The molecule has 1 aliphatic heterocycles. The first-order valence-corrected chi connectivity index (χ1v) is 22.0. The number of aromatic nitrogens is 1. The van der Waals surface area contributed by atoms with E-state index in [-0.39, 0.29) is 22.2 Å². The molecule has 1 atom stereocenters. The summed E-state index contributed by atoms with van der Waals surface area (Å²) >= 11 is 1.57. The second kappa shape index (κ2) is 18.9. The number of nitrogens with one attached hydrogen (secondary N) is 2. The van der Waals surface area contributed by atoms with Crippen molar-refractivity contribution in [1.82, 2.24) is 19.5 Å². The Bertz CT molecular complexity index is 2510. The SMILES string of the molecule is CN(C)CC[C@H](CSc1ccccc1)Nc1c([N+](=O)[O-])cccc1S(=O)(=O)NC(=O)c1ccc(N2CCN(Cc3ccccc3-c3cccc4cccnc34)CC2)cc1. The molecule has 0 aliphatic carbocycles. The zero-order chi connectivity index (χ0) is 41.4. The van der Waals surface area contributed by atoms with Crippen LogP contribution in [-0.4, -0.2) is 92.6 Å². The van der Waals surface area contributed by atoms with Crippen LogP contribution in [0.1, 0.15) is 22.3 Å². The Labute approximate surface area is 349 Å². The first kappa shape index (κ1) is 41.4. The number of hydrogen-bond donors (Lipinski definition) is 2. The quantitative estimate of drug-likeness (QED) is 0.0562. The van der Waals surface area contributed by atoms with E-state index in [2.05, 4.69) is 73.4 Å². The molecular weight excluding hydrogens is 783 g/mol. The molecule has 59 heavy (non-hydrogen) atoms. The van der Waals surface area contributed by atoms with Crippen molar-refractivity contribution >= 4 is 55.7 Å². The van der Waals surface area contributed by atoms with Gasteiger partial charge < -0.3 is 15.1 Å². The Hall–Kier alpha value is -5.80. The van der Waals surface area contributed by atoms with E-state index in [9.17, 15) is 23.3 Å². The van der Waals surface area contributed by atoms with Crippen LogP contribution < -0.4 is 14.9 Å². The normalized spacial score (nSPS) is 14.0. The molecule has 1 saturated heterocycles. The average Bonchev–Trinajstić information content (AvgIpc) is 3.25. The Morgan fingerprint density at radius 1 is 0.847 bits per heavy atom. The van der Waals surface area contributed by atoms with Gasteiger partial charge in [0, 0.05) is 83.9 Å². The molecule has 1 amide bonds. The number of sulfonamides is 1. The molecule has 0 bridgehead atoms. The van der Waals surface area contributed by atoms with Crippen LogP contribution in [0.3, 0.4) is 0 Å². The molecule has 6 aromatic rings. The fourth-order valence-electron chi connectivity index (χ4n) is 7.28. The number of carbonyl (C=O) groups is 1. The maximum absolute atomic E-state index is 13.9. The smallest absolute Gasteiger partial charge is 0.293 e. The molecule has 1 aliphatic rings. The summed E-state index contributed by atoms with van der Waals surface area (Å²) in [5.74, 6) is -0.308. The number of piperazine rings is 1. The summed E-state index contributed by atoms with van der Waals surface area (Å²) in [7, 11) is -0.678. The van der Waals surface area contributed by atoms with E-state index < -0.39 is 26.5 Å². The van der Waals surface area contributed by atoms with Crippen molar-refractivity contribution in [2.45, 2.75) is 28.8 Å². The van der Waals surface area contributed by atoms with Crippen molar-refractivity contribution < 1.29 is 18.1 Å². The minimum atomic E-state index is -4.54. The van der Waals surface area contributed by atoms with Crippen LogP contribution in [0.15, 0.2) is 143 Å². The molecule has 1 fully saturated rings. The monoisotopic (exact) mass is 829 g/mol. The first-order chi connectivity index (χ1) is 28.6. The molecule has 14 heteroatoms. The van der Waals surface area contributed by atoms with Crippen LogP contribution in [0.25, 0.3) is 22.0 Å². The van der Waals surface area contributed by atoms with Crippen molar-refractivity contribution in [2.24, 2.45) is 0 Å². The molecule has 0 spiro atoms. The van der Waals surface area contributed by atoms with Crippen molar-refractivity contribution in [3.8, 4) is 11.1 Å². The van der Waals surface area contributed by atoms with Gasteiger partial charge >= 0.3 is 0 Å². The second-order valence-corrected chi connectivity index (χ2v) is 17.5. The van der Waals surface area contributed by atoms with Gasteiger partial charge in [-0.3, -0.25) is 24.8 Å². The van der Waals surface area contributed by atoms with Crippen molar-refractivity contribution in [3.05, 3.63) is 155 Å². The van der Waals surface area contributed by atoms with Gasteiger partial charge in [0.15, 0.2) is 0 Å². The lowest BCUT2D eigenvalue weighted by Crippen LogP contribution is -2.46. The minimum Gasteiger partial charge on any atom is -0.375 e. The number of rotatable bonds is 16. The molecule has 12 nitrogen and oxygen atoms in total. The largest absolute Gasteiger partial charge is 0.375 e. The average molecular weight is 830 g/mol. The van der Waals surface area contributed by atoms with Crippen LogP contribution in [-0.2, 0) is 16.6 Å². The van der Waals surface area contributed by atoms with Crippen LogP contribution in [0.2, 0.25) is 0 Å². The van der Waals surface area contributed by atoms with E-state index in [1.165, 1.54) is 29.3 Å². The van der Waals surface area contributed by atoms with Crippen LogP contribution >= 0.6 is 11.8 Å². The molecule has 304 valence electrons. The topological polar surface area (TPSA) is 141 Å². The number of thioether (sulfide) groups is 1. The third-order valence-corrected chi connectivity index (χ3v) is 12.9. The summed E-state index contributed by atoms with van der Waals surface area (Å²) in [6, 6.07) is 38.9. The highest BCUT2D eigenvalue weighted by Crippen LogP contribution is 2.34. The summed E-state index contributed by atoms with van der Waals surface area (Å²) in [5.41, 5.74) is 5.05. The number of nitrogens with zero attached hydrogens (tertiary/aromatic N) is 5. The zero-order valence-electron chi connectivity index (χ0n) is 33.0. The lowest BCUT2D eigenvalue weighted by atomic mass is 9.97. The molecule has 0 radical (unpaired) electrons. The van der Waals surface area contributed by atoms with Gasteiger partial charge in [0.2, 0.25) is 0 Å². The fourth-order valence-corrected chi connectivity index (χ4v) is 9.43. The summed E-state index contributed by atoms with van der Waals surface area (Å²) in [5, 5.41) is 16.5. The molecule has 1 aromatic heterocycles. The summed E-state index contributed by atoms with van der Waals surface area (Å²) in [4.78, 5) is 37.1. The number of hydrogen-bond acceptors (Lipinski definition) is 11. The van der Waals surface area contributed by atoms with Gasteiger partial charge in [-0.1, -0.05) is 72.8 Å². The molecule has 7 rings (SSSR count). The zero-order valence-corrected chi connectivity index (χ0v) is 34.7. The number of anilines is 2. The van der Waals surface area contributed by atoms with E-state index >= 15 is 0 Å². The summed E-state index contributed by atoms with van der Waals surface area (Å²) in [6.45, 7) is 4.69. The van der Waals surface area contributed by atoms with Gasteiger partial charge in [-0.15, -0.1) is 11.8 Å². The molecule has 2 heterocycles. The van der Waals surface area contributed by atoms with Gasteiger partial charge in [-0.05, 0) is 86.7 Å². The number of amides is 1. The number of fused-ring (bicyclic) bond motifs is 1. The predicted molar refractivity (Wildman–Crippen MR) is 237 cm³/mol. The summed E-state index contributed by atoms with van der Waals surface area (Å²) in [6.07, 6.45) is 2.42. The van der Waals surface area contributed by atoms with Gasteiger partial charge in [-0.25, -0.2) is 13.1 Å². The number of para-hydroxylation sites is 2.